The highest BCUT2D eigenvalue weighted by molar-refractivity contribution is 7.99. The normalized spacial score (nSPS) is 15.0. The van der Waals surface area contributed by atoms with Crippen molar-refractivity contribution in [2.75, 3.05) is 0 Å². The predicted molar refractivity (Wildman–Crippen MR) is 73.4 cm³/mol. The smallest absolute Gasteiger partial charge is 0.302 e. The van der Waals surface area contributed by atoms with E-state index in [2.05, 4.69) is 27.0 Å². The fraction of sp³-hybridized carbons (Fsp3) is 0.385. The van der Waals surface area contributed by atoms with E-state index >= 15 is 0 Å². The van der Waals surface area contributed by atoms with Crippen LogP contribution in [-0.2, 0) is 12.7 Å². The van der Waals surface area contributed by atoms with E-state index in [-0.39, 0.29) is 0 Å². The lowest BCUT2D eigenvalue weighted by Crippen LogP contribution is -2.09. The highest BCUT2D eigenvalue weighted by Crippen LogP contribution is 2.40. The summed E-state index contributed by atoms with van der Waals surface area (Å²) in [5.41, 5.74) is -1.01. The summed E-state index contributed by atoms with van der Waals surface area (Å²) in [7, 11) is 0. The van der Waals surface area contributed by atoms with Crippen molar-refractivity contribution >= 4 is 11.8 Å². The third kappa shape index (κ3) is 3.13. The van der Waals surface area contributed by atoms with Crippen molar-refractivity contribution in [1.29, 1.82) is 0 Å². The zero-order valence-electron chi connectivity index (χ0n) is 11.4. The van der Waals surface area contributed by atoms with Crippen molar-refractivity contribution in [3.8, 4) is 0 Å². The minimum absolute atomic E-state index is 0.341. The number of hydrogen-bond donors (Lipinski definition) is 0. The van der Waals surface area contributed by atoms with Gasteiger partial charge in [0.25, 0.3) is 0 Å². The zero-order chi connectivity index (χ0) is 15.7. The van der Waals surface area contributed by atoms with Gasteiger partial charge in [0.1, 0.15) is 10.9 Å². The molecule has 2 heterocycles. The van der Waals surface area contributed by atoms with Crippen molar-refractivity contribution in [2.24, 2.45) is 0 Å². The van der Waals surface area contributed by atoms with Gasteiger partial charge in [0.05, 0.1) is 0 Å². The van der Waals surface area contributed by atoms with E-state index in [1.807, 2.05) is 4.57 Å². The van der Waals surface area contributed by atoms with Gasteiger partial charge in [0, 0.05) is 12.5 Å². The number of nitrogens with zero attached hydrogens (tertiary/aromatic N) is 5. The summed E-state index contributed by atoms with van der Waals surface area (Å²) in [6.07, 6.45) is -0.587. The summed E-state index contributed by atoms with van der Waals surface area (Å²) in [4.78, 5) is 0. The first-order chi connectivity index (χ1) is 10.5. The van der Waals surface area contributed by atoms with Gasteiger partial charge in [-0.05, 0) is 36.7 Å². The second kappa shape index (κ2) is 5.71. The lowest BCUT2D eigenvalue weighted by Gasteiger charge is -2.07. The highest BCUT2D eigenvalue weighted by atomic mass is 32.2. The largest absolute Gasteiger partial charge is 0.435 e. The topological polar surface area (TPSA) is 56.5 Å². The standard InChI is InChI=1S/C13H12F3N5S/c1-2-7-21-11(8-3-4-8)19-20-12(21)22-10-6-5-9(17-18-10)13(14,15)16/h2,5-6,8H,1,3-4,7H2. The Balaban J connectivity index is 1.82. The molecule has 1 fully saturated rings. The Kier molecular flexibility index (Phi) is 3.90. The van der Waals surface area contributed by atoms with E-state index in [1.165, 1.54) is 6.07 Å². The van der Waals surface area contributed by atoms with Gasteiger partial charge in [0.15, 0.2) is 10.9 Å². The average Bonchev–Trinajstić information content (AvgIpc) is 3.24. The van der Waals surface area contributed by atoms with E-state index in [0.717, 1.165) is 36.5 Å². The molecule has 2 aromatic heterocycles. The van der Waals surface area contributed by atoms with Crippen LogP contribution in [0.15, 0.2) is 35.0 Å². The molecule has 116 valence electrons. The number of alkyl halides is 3. The molecule has 2 aromatic rings. The number of hydrogen-bond acceptors (Lipinski definition) is 5. The van der Waals surface area contributed by atoms with Crippen LogP contribution in [0.1, 0.15) is 30.3 Å². The Bertz CT molecular complexity index is 676. The molecule has 0 aliphatic heterocycles. The second-order valence-corrected chi connectivity index (χ2v) is 5.86. The van der Waals surface area contributed by atoms with E-state index in [9.17, 15) is 13.2 Å². The molecule has 0 saturated heterocycles. The van der Waals surface area contributed by atoms with Gasteiger partial charge in [-0.1, -0.05) is 6.08 Å². The quantitative estimate of drug-likeness (QED) is 0.789. The number of halogens is 3. The molecule has 0 radical (unpaired) electrons. The molecule has 0 spiro atoms. The van der Waals surface area contributed by atoms with Gasteiger partial charge in [0.2, 0.25) is 0 Å². The first kappa shape index (κ1) is 15.0. The Morgan fingerprint density at radius 3 is 2.55 bits per heavy atom. The van der Waals surface area contributed by atoms with Gasteiger partial charge >= 0.3 is 6.18 Å². The third-order valence-electron chi connectivity index (χ3n) is 3.13. The van der Waals surface area contributed by atoms with Gasteiger partial charge < -0.3 is 4.57 Å². The molecule has 5 nitrogen and oxygen atoms in total. The van der Waals surface area contributed by atoms with E-state index < -0.39 is 11.9 Å². The monoisotopic (exact) mass is 327 g/mol. The zero-order valence-corrected chi connectivity index (χ0v) is 12.2. The van der Waals surface area contributed by atoms with Crippen LogP contribution in [0.4, 0.5) is 13.2 Å². The maximum absolute atomic E-state index is 12.5. The number of aromatic nitrogens is 5. The third-order valence-corrected chi connectivity index (χ3v) is 4.04. The maximum Gasteiger partial charge on any atom is 0.435 e. The first-order valence-corrected chi connectivity index (χ1v) is 7.43. The molecule has 0 unspecified atom stereocenters. The Morgan fingerprint density at radius 1 is 1.23 bits per heavy atom. The fourth-order valence-corrected chi connectivity index (χ4v) is 2.70. The minimum atomic E-state index is -4.49. The summed E-state index contributed by atoms with van der Waals surface area (Å²) in [5.74, 6) is 1.31. The number of allylic oxidation sites excluding steroid dienone is 1. The van der Waals surface area contributed by atoms with Crippen LogP contribution >= 0.6 is 11.8 Å². The lowest BCUT2D eigenvalue weighted by molar-refractivity contribution is -0.141. The molecule has 0 aromatic carbocycles. The Hall–Kier alpha value is -1.90. The van der Waals surface area contributed by atoms with E-state index in [1.54, 1.807) is 6.08 Å². The van der Waals surface area contributed by atoms with Crippen LogP contribution in [0.25, 0.3) is 0 Å². The Morgan fingerprint density at radius 2 is 2.00 bits per heavy atom. The molecule has 22 heavy (non-hydrogen) atoms. The number of rotatable bonds is 5. The SMILES string of the molecule is C=CCn1c(Sc2ccc(C(F)(F)F)nn2)nnc1C1CC1. The van der Waals surface area contributed by atoms with Gasteiger partial charge in [-0.15, -0.1) is 27.0 Å². The van der Waals surface area contributed by atoms with Gasteiger partial charge in [-0.3, -0.25) is 0 Å². The first-order valence-electron chi connectivity index (χ1n) is 6.62. The molecule has 9 heteroatoms. The van der Waals surface area contributed by atoms with Crippen molar-refractivity contribution in [1.82, 2.24) is 25.0 Å². The van der Waals surface area contributed by atoms with Crippen LogP contribution in [0.5, 0.6) is 0 Å². The van der Waals surface area contributed by atoms with E-state index in [4.69, 9.17) is 0 Å². The molecule has 3 rings (SSSR count). The van der Waals surface area contributed by atoms with Crippen LogP contribution < -0.4 is 0 Å². The molecule has 0 atom stereocenters. The molecule has 0 N–H and O–H groups in total. The predicted octanol–water partition coefficient (Wildman–Crippen LogP) is 3.30. The highest BCUT2D eigenvalue weighted by Gasteiger charge is 2.33. The maximum atomic E-state index is 12.5. The van der Waals surface area contributed by atoms with Crippen LogP contribution in [-0.4, -0.2) is 25.0 Å². The van der Waals surface area contributed by atoms with E-state index in [0.29, 0.717) is 22.6 Å². The molecule has 1 aliphatic rings. The summed E-state index contributed by atoms with van der Waals surface area (Å²) < 4.78 is 39.3. The van der Waals surface area contributed by atoms with Crippen molar-refractivity contribution in [3.05, 3.63) is 36.3 Å². The van der Waals surface area contributed by atoms with Gasteiger partial charge in [-0.25, -0.2) is 0 Å². The summed E-state index contributed by atoms with van der Waals surface area (Å²) in [6.45, 7) is 4.26. The lowest BCUT2D eigenvalue weighted by atomic mass is 10.4. The summed E-state index contributed by atoms with van der Waals surface area (Å²) >= 11 is 1.14. The minimum Gasteiger partial charge on any atom is -0.302 e. The fourth-order valence-electron chi connectivity index (χ4n) is 1.94. The van der Waals surface area contributed by atoms with Gasteiger partial charge in [-0.2, -0.15) is 13.2 Å². The summed E-state index contributed by atoms with van der Waals surface area (Å²) in [5, 5.41) is 16.0. The summed E-state index contributed by atoms with van der Waals surface area (Å²) in [6, 6.07) is 2.19. The van der Waals surface area contributed by atoms with Crippen LogP contribution in [0.3, 0.4) is 0 Å². The van der Waals surface area contributed by atoms with Crippen molar-refractivity contribution in [2.45, 2.75) is 41.7 Å². The molecular weight excluding hydrogens is 315 g/mol. The van der Waals surface area contributed by atoms with Crippen LogP contribution in [0, 0.1) is 0 Å². The van der Waals surface area contributed by atoms with Crippen molar-refractivity contribution in [3.63, 3.8) is 0 Å². The van der Waals surface area contributed by atoms with Crippen LogP contribution in [0.2, 0.25) is 0 Å². The average molecular weight is 327 g/mol. The molecule has 0 amide bonds. The molecular formula is C13H12F3N5S. The molecule has 0 bridgehead atoms. The molecule has 1 saturated carbocycles. The Labute approximate surface area is 128 Å². The second-order valence-electron chi connectivity index (χ2n) is 4.87. The molecule has 1 aliphatic carbocycles. The van der Waals surface area contributed by atoms with Crippen molar-refractivity contribution < 1.29 is 13.2 Å².